The molecule has 0 amide bonds. The molecular formula is C12H15Cl2NO3S. The van der Waals surface area contributed by atoms with Gasteiger partial charge in [-0.25, -0.2) is 8.42 Å². The molecule has 2 rings (SSSR count). The monoisotopic (exact) mass is 323 g/mol. The SMILES string of the molecule is O=S(=O)(Cl)Cc1ccc(CN2CCOCC2)c(Cl)c1. The topological polar surface area (TPSA) is 46.6 Å². The Labute approximate surface area is 122 Å². The molecule has 0 aromatic heterocycles. The third-order valence-electron chi connectivity index (χ3n) is 2.95. The fraction of sp³-hybridized carbons (Fsp3) is 0.500. The Morgan fingerprint density at radius 2 is 1.95 bits per heavy atom. The molecule has 1 saturated heterocycles. The summed E-state index contributed by atoms with van der Waals surface area (Å²) in [7, 11) is 1.68. The minimum atomic E-state index is -3.55. The van der Waals surface area contributed by atoms with Gasteiger partial charge in [0.05, 0.1) is 19.0 Å². The molecule has 0 aliphatic carbocycles. The molecule has 1 aromatic carbocycles. The summed E-state index contributed by atoms with van der Waals surface area (Å²) in [5, 5.41) is 0.573. The maximum Gasteiger partial charge on any atom is 0.236 e. The van der Waals surface area contributed by atoms with Gasteiger partial charge in [0.1, 0.15) is 0 Å². The van der Waals surface area contributed by atoms with Gasteiger partial charge in [0, 0.05) is 35.3 Å². The Hall–Kier alpha value is -0.330. The van der Waals surface area contributed by atoms with Crippen LogP contribution in [-0.4, -0.2) is 39.6 Å². The molecule has 4 nitrogen and oxygen atoms in total. The summed E-state index contributed by atoms with van der Waals surface area (Å²) in [6, 6.07) is 5.27. The van der Waals surface area contributed by atoms with Gasteiger partial charge < -0.3 is 4.74 Å². The van der Waals surface area contributed by atoms with Crippen LogP contribution in [0.2, 0.25) is 5.02 Å². The fourth-order valence-electron chi connectivity index (χ4n) is 2.01. The summed E-state index contributed by atoms with van der Waals surface area (Å²) in [5.74, 6) is -0.202. The van der Waals surface area contributed by atoms with Gasteiger partial charge in [0.15, 0.2) is 0 Å². The zero-order valence-electron chi connectivity index (χ0n) is 10.3. The van der Waals surface area contributed by atoms with Crippen LogP contribution in [-0.2, 0) is 26.1 Å². The number of nitrogens with zero attached hydrogens (tertiary/aromatic N) is 1. The molecule has 0 N–H and O–H groups in total. The average Bonchev–Trinajstić information content (AvgIpc) is 2.32. The second kappa shape index (κ2) is 6.41. The van der Waals surface area contributed by atoms with Gasteiger partial charge in [-0.3, -0.25) is 4.90 Å². The molecule has 1 aromatic rings. The molecule has 0 atom stereocenters. The summed E-state index contributed by atoms with van der Waals surface area (Å²) in [6.07, 6.45) is 0. The van der Waals surface area contributed by atoms with Crippen molar-refractivity contribution in [3.63, 3.8) is 0 Å². The summed E-state index contributed by atoms with van der Waals surface area (Å²) in [6.45, 7) is 3.98. The maximum absolute atomic E-state index is 11.0. The molecular weight excluding hydrogens is 309 g/mol. The number of rotatable bonds is 4. The van der Waals surface area contributed by atoms with Gasteiger partial charge in [-0.15, -0.1) is 0 Å². The van der Waals surface area contributed by atoms with Crippen LogP contribution in [0.25, 0.3) is 0 Å². The predicted octanol–water partition coefficient (Wildman–Crippen LogP) is 2.24. The molecule has 0 saturated carbocycles. The number of hydrogen-bond acceptors (Lipinski definition) is 4. The van der Waals surface area contributed by atoms with Crippen molar-refractivity contribution in [1.82, 2.24) is 4.90 Å². The van der Waals surface area contributed by atoms with Crippen molar-refractivity contribution >= 4 is 31.3 Å². The molecule has 1 aliphatic heterocycles. The molecule has 1 fully saturated rings. The van der Waals surface area contributed by atoms with Crippen LogP contribution >= 0.6 is 22.3 Å². The Morgan fingerprint density at radius 3 is 2.53 bits per heavy atom. The first-order valence-electron chi connectivity index (χ1n) is 5.94. The first-order chi connectivity index (χ1) is 8.94. The van der Waals surface area contributed by atoms with Crippen molar-refractivity contribution in [2.45, 2.75) is 12.3 Å². The van der Waals surface area contributed by atoms with E-state index >= 15 is 0 Å². The van der Waals surface area contributed by atoms with E-state index in [-0.39, 0.29) is 5.75 Å². The highest BCUT2D eigenvalue weighted by molar-refractivity contribution is 8.13. The van der Waals surface area contributed by atoms with E-state index < -0.39 is 9.05 Å². The minimum Gasteiger partial charge on any atom is -0.379 e. The number of ether oxygens (including phenoxy) is 1. The van der Waals surface area contributed by atoms with Crippen LogP contribution in [0.4, 0.5) is 0 Å². The van der Waals surface area contributed by atoms with E-state index in [0.29, 0.717) is 10.6 Å². The first-order valence-corrected chi connectivity index (χ1v) is 8.79. The van der Waals surface area contributed by atoms with E-state index in [2.05, 4.69) is 4.90 Å². The van der Waals surface area contributed by atoms with Crippen molar-refractivity contribution in [3.05, 3.63) is 34.3 Å². The van der Waals surface area contributed by atoms with Crippen LogP contribution in [0, 0.1) is 0 Å². The number of morpholine rings is 1. The second-order valence-corrected chi connectivity index (χ2v) is 7.68. The molecule has 0 unspecified atom stereocenters. The first kappa shape index (κ1) is 15.1. The molecule has 0 bridgehead atoms. The molecule has 1 aliphatic rings. The maximum atomic E-state index is 11.0. The Balaban J connectivity index is 2.06. The Bertz CT molecular complexity index is 542. The van der Waals surface area contributed by atoms with Crippen LogP contribution in [0.15, 0.2) is 18.2 Å². The largest absolute Gasteiger partial charge is 0.379 e. The predicted molar refractivity (Wildman–Crippen MR) is 76.0 cm³/mol. The third kappa shape index (κ3) is 4.93. The Kier molecular flexibility index (Phi) is 5.09. The lowest BCUT2D eigenvalue weighted by molar-refractivity contribution is 0.0342. The van der Waals surface area contributed by atoms with Gasteiger partial charge in [-0.1, -0.05) is 23.7 Å². The molecule has 0 spiro atoms. The van der Waals surface area contributed by atoms with Crippen molar-refractivity contribution < 1.29 is 13.2 Å². The van der Waals surface area contributed by atoms with Crippen molar-refractivity contribution in [2.24, 2.45) is 0 Å². The van der Waals surface area contributed by atoms with Crippen molar-refractivity contribution in [2.75, 3.05) is 26.3 Å². The quantitative estimate of drug-likeness (QED) is 0.797. The summed E-state index contributed by atoms with van der Waals surface area (Å²) in [4.78, 5) is 2.25. The fourth-order valence-corrected chi connectivity index (χ4v) is 3.23. The highest BCUT2D eigenvalue weighted by atomic mass is 35.7. The molecule has 0 radical (unpaired) electrons. The molecule has 106 valence electrons. The Morgan fingerprint density at radius 1 is 1.26 bits per heavy atom. The van der Waals surface area contributed by atoms with Crippen LogP contribution < -0.4 is 0 Å². The molecule has 7 heteroatoms. The van der Waals surface area contributed by atoms with E-state index in [1.54, 1.807) is 12.1 Å². The van der Waals surface area contributed by atoms with Gasteiger partial charge in [0.25, 0.3) is 0 Å². The van der Waals surface area contributed by atoms with E-state index in [0.717, 1.165) is 38.4 Å². The molecule has 19 heavy (non-hydrogen) atoms. The van der Waals surface area contributed by atoms with E-state index in [9.17, 15) is 8.42 Å². The second-order valence-electron chi connectivity index (χ2n) is 4.50. The number of benzene rings is 1. The summed E-state index contributed by atoms with van der Waals surface area (Å²) >= 11 is 6.18. The number of hydrogen-bond donors (Lipinski definition) is 0. The lowest BCUT2D eigenvalue weighted by Crippen LogP contribution is -2.35. The zero-order chi connectivity index (χ0) is 13.9. The summed E-state index contributed by atoms with van der Waals surface area (Å²) in [5.41, 5.74) is 1.59. The van der Waals surface area contributed by atoms with E-state index in [4.69, 9.17) is 27.0 Å². The summed E-state index contributed by atoms with van der Waals surface area (Å²) < 4.78 is 27.3. The van der Waals surface area contributed by atoms with Gasteiger partial charge in [-0.2, -0.15) is 0 Å². The van der Waals surface area contributed by atoms with Gasteiger partial charge in [0.2, 0.25) is 9.05 Å². The van der Waals surface area contributed by atoms with Crippen molar-refractivity contribution in [3.8, 4) is 0 Å². The lowest BCUT2D eigenvalue weighted by atomic mass is 10.1. The zero-order valence-corrected chi connectivity index (χ0v) is 12.6. The van der Waals surface area contributed by atoms with Crippen LogP contribution in [0.5, 0.6) is 0 Å². The highest BCUT2D eigenvalue weighted by Gasteiger charge is 2.14. The van der Waals surface area contributed by atoms with Crippen LogP contribution in [0.3, 0.4) is 0 Å². The molecule has 1 heterocycles. The minimum absolute atomic E-state index is 0.202. The van der Waals surface area contributed by atoms with E-state index in [1.807, 2.05) is 6.07 Å². The number of halogens is 2. The van der Waals surface area contributed by atoms with Gasteiger partial charge >= 0.3 is 0 Å². The average molecular weight is 324 g/mol. The third-order valence-corrected chi connectivity index (χ3v) is 4.31. The lowest BCUT2D eigenvalue weighted by Gasteiger charge is -2.27. The van der Waals surface area contributed by atoms with Gasteiger partial charge in [-0.05, 0) is 17.2 Å². The standard InChI is InChI=1S/C12H15Cl2NO3S/c13-12-7-10(9-19(14,16)17)1-2-11(12)8-15-3-5-18-6-4-15/h1-2,7H,3-6,8-9H2. The van der Waals surface area contributed by atoms with Crippen molar-refractivity contribution in [1.29, 1.82) is 0 Å². The van der Waals surface area contributed by atoms with E-state index in [1.165, 1.54) is 0 Å². The normalized spacial score (nSPS) is 17.6. The smallest absolute Gasteiger partial charge is 0.236 e. The highest BCUT2D eigenvalue weighted by Crippen LogP contribution is 2.22. The van der Waals surface area contributed by atoms with Crippen LogP contribution in [0.1, 0.15) is 11.1 Å².